The first-order chi connectivity index (χ1) is 8.38. The molecule has 1 saturated carbocycles. The smallest absolute Gasteiger partial charge is 0.151 e. The van der Waals surface area contributed by atoms with Gasteiger partial charge in [-0.1, -0.05) is 43.5 Å². The Morgan fingerprint density at radius 1 is 1.00 bits per heavy atom. The average molecular weight is 230 g/mol. The number of benzene rings is 1. The predicted octanol–water partition coefficient (Wildman–Crippen LogP) is 3.37. The molecule has 2 heteroatoms. The second kappa shape index (κ2) is 4.61. The Morgan fingerprint density at radius 3 is 2.24 bits per heavy atom. The molecule has 1 aliphatic heterocycles. The second-order valence-electron chi connectivity index (χ2n) is 5.16. The molecular weight excluding hydrogens is 212 g/mol. The number of epoxide rings is 1. The van der Waals surface area contributed by atoms with Crippen molar-refractivity contribution in [3.05, 3.63) is 35.4 Å². The van der Waals surface area contributed by atoms with Crippen LogP contribution in [0.2, 0.25) is 0 Å². The summed E-state index contributed by atoms with van der Waals surface area (Å²) >= 11 is 0. The highest BCUT2D eigenvalue weighted by molar-refractivity contribution is 5.61. The van der Waals surface area contributed by atoms with Crippen molar-refractivity contribution < 1.29 is 9.53 Å². The third-order valence-corrected chi connectivity index (χ3v) is 4.00. The molecule has 1 saturated heterocycles. The molecule has 1 aliphatic carbocycles. The van der Waals surface area contributed by atoms with E-state index >= 15 is 0 Å². The zero-order valence-corrected chi connectivity index (χ0v) is 9.97. The monoisotopic (exact) mass is 230 g/mol. The number of carbonyl (C=O) groups is 1. The standard InChI is InChI=1S/C15H18O2/c16-10-14-15(17-14)13-8-6-12(7-9-13)11-4-2-1-3-5-11/h6-11,14-15H,1-5H2/t14-,15+/m0/s1. The lowest BCUT2D eigenvalue weighted by Crippen LogP contribution is -2.04. The predicted molar refractivity (Wildman–Crippen MR) is 65.9 cm³/mol. The van der Waals surface area contributed by atoms with Gasteiger partial charge in [-0.15, -0.1) is 0 Å². The van der Waals surface area contributed by atoms with Crippen molar-refractivity contribution >= 4 is 6.29 Å². The van der Waals surface area contributed by atoms with Crippen molar-refractivity contribution in [1.29, 1.82) is 0 Å². The largest absolute Gasteiger partial charge is 0.357 e. The highest BCUT2D eigenvalue weighted by atomic mass is 16.6. The fourth-order valence-electron chi connectivity index (χ4n) is 2.89. The molecule has 1 heterocycles. The van der Waals surface area contributed by atoms with Gasteiger partial charge in [0.1, 0.15) is 12.2 Å². The van der Waals surface area contributed by atoms with Gasteiger partial charge in [-0.3, -0.25) is 0 Å². The normalized spacial score (nSPS) is 28.9. The van der Waals surface area contributed by atoms with Crippen LogP contribution in [0.3, 0.4) is 0 Å². The van der Waals surface area contributed by atoms with Gasteiger partial charge < -0.3 is 9.53 Å². The average Bonchev–Trinajstić information content (AvgIpc) is 3.19. The number of aldehydes is 1. The van der Waals surface area contributed by atoms with Gasteiger partial charge in [0.15, 0.2) is 6.29 Å². The third-order valence-electron chi connectivity index (χ3n) is 4.00. The van der Waals surface area contributed by atoms with Crippen molar-refractivity contribution in [3.8, 4) is 0 Å². The fraction of sp³-hybridized carbons (Fsp3) is 0.533. The topological polar surface area (TPSA) is 29.6 Å². The first-order valence-electron chi connectivity index (χ1n) is 6.59. The van der Waals surface area contributed by atoms with E-state index < -0.39 is 0 Å². The lowest BCUT2D eigenvalue weighted by atomic mass is 9.84. The van der Waals surface area contributed by atoms with Crippen molar-refractivity contribution in [2.24, 2.45) is 0 Å². The Hall–Kier alpha value is -1.15. The summed E-state index contributed by atoms with van der Waals surface area (Å²) in [5.74, 6) is 0.750. The van der Waals surface area contributed by atoms with Crippen LogP contribution in [0, 0.1) is 0 Å². The molecule has 0 aromatic heterocycles. The number of hydrogen-bond donors (Lipinski definition) is 0. The summed E-state index contributed by atoms with van der Waals surface area (Å²) in [5.41, 5.74) is 2.60. The first kappa shape index (κ1) is 11.0. The summed E-state index contributed by atoms with van der Waals surface area (Å²) in [5, 5.41) is 0. The number of rotatable bonds is 3. The molecule has 2 aliphatic rings. The summed E-state index contributed by atoms with van der Waals surface area (Å²) < 4.78 is 5.27. The van der Waals surface area contributed by atoms with Gasteiger partial charge in [-0.25, -0.2) is 0 Å². The van der Waals surface area contributed by atoms with Crippen LogP contribution in [0.5, 0.6) is 0 Å². The molecule has 2 atom stereocenters. The van der Waals surface area contributed by atoms with E-state index in [9.17, 15) is 4.79 Å². The Labute approximate surface area is 102 Å². The van der Waals surface area contributed by atoms with Gasteiger partial charge in [-0.05, 0) is 29.9 Å². The van der Waals surface area contributed by atoms with Crippen molar-refractivity contribution in [2.75, 3.05) is 0 Å². The Kier molecular flexibility index (Phi) is 2.98. The van der Waals surface area contributed by atoms with Crippen LogP contribution >= 0.6 is 0 Å². The lowest BCUT2D eigenvalue weighted by molar-refractivity contribution is -0.108. The molecule has 1 aromatic rings. The van der Waals surface area contributed by atoms with Crippen LogP contribution in [-0.2, 0) is 9.53 Å². The van der Waals surface area contributed by atoms with Crippen molar-refractivity contribution in [2.45, 2.75) is 50.2 Å². The molecule has 3 rings (SSSR count). The highest BCUT2D eigenvalue weighted by Gasteiger charge is 2.39. The van der Waals surface area contributed by atoms with Gasteiger partial charge in [0.25, 0.3) is 0 Å². The first-order valence-corrected chi connectivity index (χ1v) is 6.59. The minimum Gasteiger partial charge on any atom is -0.357 e. The second-order valence-corrected chi connectivity index (χ2v) is 5.16. The molecule has 0 N–H and O–H groups in total. The maximum atomic E-state index is 10.5. The van der Waals surface area contributed by atoms with E-state index in [1.807, 2.05) is 0 Å². The van der Waals surface area contributed by atoms with Gasteiger partial charge >= 0.3 is 0 Å². The minimum atomic E-state index is -0.199. The zero-order valence-electron chi connectivity index (χ0n) is 9.97. The molecule has 0 bridgehead atoms. The van der Waals surface area contributed by atoms with E-state index in [-0.39, 0.29) is 12.2 Å². The Balaban J connectivity index is 1.69. The van der Waals surface area contributed by atoms with Crippen LogP contribution in [0.4, 0.5) is 0 Å². The van der Waals surface area contributed by atoms with Crippen LogP contribution in [0.1, 0.15) is 55.3 Å². The van der Waals surface area contributed by atoms with Gasteiger partial charge in [0.2, 0.25) is 0 Å². The summed E-state index contributed by atoms with van der Waals surface area (Å²) in [6, 6.07) is 8.68. The third kappa shape index (κ3) is 2.27. The SMILES string of the molecule is O=C[C@@H]1O[C@@H]1c1ccc(C2CCCCC2)cc1. The van der Waals surface area contributed by atoms with Gasteiger partial charge in [0, 0.05) is 0 Å². The molecule has 0 amide bonds. The van der Waals surface area contributed by atoms with Crippen LogP contribution < -0.4 is 0 Å². The molecule has 2 fully saturated rings. The molecule has 0 spiro atoms. The van der Waals surface area contributed by atoms with E-state index in [0.717, 1.165) is 17.8 Å². The molecule has 1 aromatic carbocycles. The Bertz CT molecular complexity index is 390. The summed E-state index contributed by atoms with van der Waals surface area (Å²) in [6.07, 6.45) is 7.50. The van der Waals surface area contributed by atoms with Crippen LogP contribution in [0.15, 0.2) is 24.3 Å². The minimum absolute atomic E-state index is 0.0212. The van der Waals surface area contributed by atoms with E-state index in [2.05, 4.69) is 24.3 Å². The van der Waals surface area contributed by atoms with E-state index in [0.29, 0.717) is 0 Å². The number of ether oxygens (including phenoxy) is 1. The maximum absolute atomic E-state index is 10.5. The van der Waals surface area contributed by atoms with Crippen molar-refractivity contribution in [3.63, 3.8) is 0 Å². The molecule has 0 radical (unpaired) electrons. The molecule has 0 unspecified atom stereocenters. The van der Waals surface area contributed by atoms with E-state index in [1.54, 1.807) is 0 Å². The fourth-order valence-corrected chi connectivity index (χ4v) is 2.89. The summed E-state index contributed by atoms with van der Waals surface area (Å²) in [7, 11) is 0. The zero-order chi connectivity index (χ0) is 11.7. The summed E-state index contributed by atoms with van der Waals surface area (Å²) in [6.45, 7) is 0. The van der Waals surface area contributed by atoms with Gasteiger partial charge in [-0.2, -0.15) is 0 Å². The van der Waals surface area contributed by atoms with Crippen molar-refractivity contribution in [1.82, 2.24) is 0 Å². The van der Waals surface area contributed by atoms with Crippen LogP contribution in [-0.4, -0.2) is 12.4 Å². The van der Waals surface area contributed by atoms with Crippen LogP contribution in [0.25, 0.3) is 0 Å². The maximum Gasteiger partial charge on any atom is 0.151 e. The van der Waals surface area contributed by atoms with Gasteiger partial charge in [0.05, 0.1) is 0 Å². The Morgan fingerprint density at radius 2 is 1.65 bits per heavy atom. The van der Waals surface area contributed by atoms with E-state index in [4.69, 9.17) is 4.74 Å². The molecule has 17 heavy (non-hydrogen) atoms. The molecular formula is C15H18O2. The van der Waals surface area contributed by atoms with E-state index in [1.165, 1.54) is 37.7 Å². The molecule has 2 nitrogen and oxygen atoms in total. The number of carbonyl (C=O) groups excluding carboxylic acids is 1. The highest BCUT2D eigenvalue weighted by Crippen LogP contribution is 2.38. The quantitative estimate of drug-likeness (QED) is 0.588. The summed E-state index contributed by atoms with van der Waals surface area (Å²) in [4.78, 5) is 10.5. The lowest BCUT2D eigenvalue weighted by Gasteiger charge is -2.22. The molecule has 90 valence electrons. The number of hydrogen-bond acceptors (Lipinski definition) is 2.